The van der Waals surface area contributed by atoms with E-state index in [-0.39, 0.29) is 18.3 Å². The molecule has 1 unspecified atom stereocenters. The first-order valence-electron chi connectivity index (χ1n) is 8.02. The molecule has 0 bridgehead atoms. The van der Waals surface area contributed by atoms with Crippen LogP contribution in [-0.4, -0.2) is 50.6 Å². The molecule has 128 valence electrons. The lowest BCUT2D eigenvalue weighted by Gasteiger charge is -2.22. The lowest BCUT2D eigenvalue weighted by molar-refractivity contribution is -0.122. The molecule has 2 heterocycles. The molecule has 1 amide bonds. The van der Waals surface area contributed by atoms with E-state index in [1.54, 1.807) is 7.11 Å². The number of halogens is 1. The Kier molecular flexibility index (Phi) is 6.27. The molecule has 0 aliphatic carbocycles. The Balaban J connectivity index is 0.00000192. The molecule has 6 heteroatoms. The zero-order chi connectivity index (χ0) is 15.4. The molecule has 0 aromatic heterocycles. The van der Waals surface area contributed by atoms with Crippen LogP contribution in [0.2, 0.25) is 0 Å². The highest BCUT2D eigenvalue weighted by atomic mass is 35.5. The number of nitrogens with one attached hydrogen (secondary N) is 2. The van der Waals surface area contributed by atoms with E-state index >= 15 is 0 Å². The summed E-state index contributed by atoms with van der Waals surface area (Å²) in [6, 6.07) is 7.80. The van der Waals surface area contributed by atoms with E-state index in [1.807, 2.05) is 24.3 Å². The smallest absolute Gasteiger partial charge is 0.234 e. The molecule has 2 saturated heterocycles. The first kappa shape index (κ1) is 18.0. The third-order valence-corrected chi connectivity index (χ3v) is 4.84. The molecule has 0 radical (unpaired) electrons. The summed E-state index contributed by atoms with van der Waals surface area (Å²) in [7, 11) is 1.65. The third-order valence-electron chi connectivity index (χ3n) is 4.84. The average molecular weight is 340 g/mol. The van der Waals surface area contributed by atoms with Crippen molar-refractivity contribution in [3.63, 3.8) is 0 Å². The fraction of sp³-hybridized carbons (Fsp3) is 0.588. The van der Waals surface area contributed by atoms with Crippen LogP contribution in [0.3, 0.4) is 0 Å². The minimum Gasteiger partial charge on any atom is -0.497 e. The number of hydrogen-bond acceptors (Lipinski definition) is 4. The van der Waals surface area contributed by atoms with Crippen LogP contribution in [0.15, 0.2) is 24.3 Å². The van der Waals surface area contributed by atoms with Crippen molar-refractivity contribution in [2.24, 2.45) is 5.41 Å². The Bertz CT molecular complexity index is 532. The SMILES string of the molecule is COc1cccc(CNC(=O)CN2CCC3(CCNC3)C2)c1.Cl. The molecule has 3 rings (SSSR count). The van der Waals surface area contributed by atoms with Gasteiger partial charge in [-0.05, 0) is 49.0 Å². The molecule has 1 spiro atoms. The van der Waals surface area contributed by atoms with Gasteiger partial charge in [-0.1, -0.05) is 12.1 Å². The van der Waals surface area contributed by atoms with Crippen molar-refractivity contribution < 1.29 is 9.53 Å². The van der Waals surface area contributed by atoms with Gasteiger partial charge in [-0.3, -0.25) is 9.69 Å². The van der Waals surface area contributed by atoms with Crippen LogP contribution < -0.4 is 15.4 Å². The number of hydrogen-bond donors (Lipinski definition) is 2. The molecular formula is C17H26ClN3O2. The average Bonchev–Trinajstić information content (AvgIpc) is 3.16. The Labute approximate surface area is 144 Å². The molecule has 23 heavy (non-hydrogen) atoms. The number of methoxy groups -OCH3 is 1. The number of nitrogens with zero attached hydrogens (tertiary/aromatic N) is 1. The molecule has 1 aromatic rings. The number of ether oxygens (including phenoxy) is 1. The van der Waals surface area contributed by atoms with Crippen molar-refractivity contribution in [2.45, 2.75) is 19.4 Å². The molecule has 2 aliphatic rings. The number of carbonyl (C=O) groups excluding carboxylic acids is 1. The fourth-order valence-electron chi connectivity index (χ4n) is 3.55. The van der Waals surface area contributed by atoms with E-state index in [0.717, 1.165) is 37.5 Å². The maximum atomic E-state index is 12.1. The summed E-state index contributed by atoms with van der Waals surface area (Å²) in [5, 5.41) is 6.45. The van der Waals surface area contributed by atoms with Gasteiger partial charge in [-0.2, -0.15) is 0 Å². The maximum Gasteiger partial charge on any atom is 0.234 e. The minimum atomic E-state index is 0. The van der Waals surface area contributed by atoms with E-state index in [2.05, 4.69) is 15.5 Å². The lowest BCUT2D eigenvalue weighted by atomic mass is 9.87. The van der Waals surface area contributed by atoms with Gasteiger partial charge in [0.25, 0.3) is 0 Å². The van der Waals surface area contributed by atoms with Gasteiger partial charge >= 0.3 is 0 Å². The Hall–Kier alpha value is -1.30. The van der Waals surface area contributed by atoms with Crippen molar-refractivity contribution >= 4 is 18.3 Å². The van der Waals surface area contributed by atoms with E-state index < -0.39 is 0 Å². The third kappa shape index (κ3) is 4.59. The van der Waals surface area contributed by atoms with Crippen molar-refractivity contribution in [3.05, 3.63) is 29.8 Å². The van der Waals surface area contributed by atoms with Gasteiger partial charge in [0.05, 0.1) is 13.7 Å². The largest absolute Gasteiger partial charge is 0.497 e. The van der Waals surface area contributed by atoms with Gasteiger partial charge in [0, 0.05) is 19.6 Å². The van der Waals surface area contributed by atoms with Crippen LogP contribution in [0.1, 0.15) is 18.4 Å². The fourth-order valence-corrected chi connectivity index (χ4v) is 3.55. The number of rotatable bonds is 5. The minimum absolute atomic E-state index is 0. The number of likely N-dealkylation sites (tertiary alicyclic amines) is 1. The Morgan fingerprint density at radius 1 is 1.43 bits per heavy atom. The predicted molar refractivity (Wildman–Crippen MR) is 93.1 cm³/mol. The van der Waals surface area contributed by atoms with Gasteiger partial charge in [0.1, 0.15) is 5.75 Å². The Morgan fingerprint density at radius 2 is 2.30 bits per heavy atom. The summed E-state index contributed by atoms with van der Waals surface area (Å²) in [6.07, 6.45) is 2.46. The van der Waals surface area contributed by atoms with Gasteiger partial charge in [0.2, 0.25) is 5.91 Å². The number of amides is 1. The highest BCUT2D eigenvalue weighted by Gasteiger charge is 2.40. The summed E-state index contributed by atoms with van der Waals surface area (Å²) in [6.45, 7) is 5.37. The van der Waals surface area contributed by atoms with Gasteiger partial charge in [-0.15, -0.1) is 12.4 Å². The maximum absolute atomic E-state index is 12.1. The highest BCUT2D eigenvalue weighted by Crippen LogP contribution is 2.35. The second kappa shape index (κ2) is 7.99. The molecule has 2 aliphatic heterocycles. The number of carbonyl (C=O) groups is 1. The molecule has 5 nitrogen and oxygen atoms in total. The van der Waals surface area contributed by atoms with Crippen molar-refractivity contribution in [1.82, 2.24) is 15.5 Å². The first-order chi connectivity index (χ1) is 10.7. The van der Waals surface area contributed by atoms with Crippen LogP contribution in [0, 0.1) is 5.41 Å². The molecule has 1 aromatic carbocycles. The summed E-state index contributed by atoms with van der Waals surface area (Å²) in [4.78, 5) is 14.4. The normalized spacial score (nSPS) is 23.7. The summed E-state index contributed by atoms with van der Waals surface area (Å²) in [5.74, 6) is 0.924. The summed E-state index contributed by atoms with van der Waals surface area (Å²) in [5.41, 5.74) is 1.48. The van der Waals surface area contributed by atoms with E-state index in [1.165, 1.54) is 12.8 Å². The molecule has 1 atom stereocenters. The number of benzene rings is 1. The second-order valence-corrected chi connectivity index (χ2v) is 6.52. The van der Waals surface area contributed by atoms with Crippen LogP contribution in [0.4, 0.5) is 0 Å². The quantitative estimate of drug-likeness (QED) is 0.852. The monoisotopic (exact) mass is 339 g/mol. The zero-order valence-electron chi connectivity index (χ0n) is 13.6. The topological polar surface area (TPSA) is 53.6 Å². The Morgan fingerprint density at radius 3 is 3.04 bits per heavy atom. The van der Waals surface area contributed by atoms with Crippen molar-refractivity contribution in [1.29, 1.82) is 0 Å². The van der Waals surface area contributed by atoms with E-state index in [0.29, 0.717) is 18.5 Å². The van der Waals surface area contributed by atoms with Crippen molar-refractivity contribution in [3.8, 4) is 5.75 Å². The highest BCUT2D eigenvalue weighted by molar-refractivity contribution is 5.85. The molecule has 2 fully saturated rings. The summed E-state index contributed by atoms with van der Waals surface area (Å²) >= 11 is 0. The van der Waals surface area contributed by atoms with Crippen molar-refractivity contribution in [2.75, 3.05) is 39.8 Å². The van der Waals surface area contributed by atoms with Gasteiger partial charge in [0.15, 0.2) is 0 Å². The second-order valence-electron chi connectivity index (χ2n) is 6.52. The lowest BCUT2D eigenvalue weighted by Crippen LogP contribution is -2.37. The van der Waals surface area contributed by atoms with Crippen LogP contribution in [0.25, 0.3) is 0 Å². The zero-order valence-corrected chi connectivity index (χ0v) is 14.5. The summed E-state index contributed by atoms with van der Waals surface area (Å²) < 4.78 is 5.20. The van der Waals surface area contributed by atoms with Crippen LogP contribution in [0.5, 0.6) is 5.75 Å². The van der Waals surface area contributed by atoms with E-state index in [4.69, 9.17) is 4.74 Å². The van der Waals surface area contributed by atoms with E-state index in [9.17, 15) is 4.79 Å². The van der Waals surface area contributed by atoms with Crippen LogP contribution in [-0.2, 0) is 11.3 Å². The van der Waals surface area contributed by atoms with Crippen LogP contribution >= 0.6 is 12.4 Å². The van der Waals surface area contributed by atoms with Gasteiger partial charge < -0.3 is 15.4 Å². The molecule has 2 N–H and O–H groups in total. The first-order valence-corrected chi connectivity index (χ1v) is 8.02. The van der Waals surface area contributed by atoms with Gasteiger partial charge in [-0.25, -0.2) is 0 Å². The standard InChI is InChI=1S/C17H25N3O2.ClH/c1-22-15-4-2-3-14(9-15)10-19-16(21)11-20-8-6-17(13-20)5-7-18-12-17;/h2-4,9,18H,5-8,10-13H2,1H3,(H,19,21);1H. The predicted octanol–water partition coefficient (Wildman–Crippen LogP) is 1.42. The molecular weight excluding hydrogens is 314 g/mol. The molecule has 0 saturated carbocycles.